The molecule has 0 aliphatic heterocycles. The first-order valence-corrected chi connectivity index (χ1v) is 14.3. The van der Waals surface area contributed by atoms with Gasteiger partial charge in [-0.3, -0.25) is 0 Å². The van der Waals surface area contributed by atoms with Crippen LogP contribution in [0.4, 0.5) is 0 Å². The van der Waals surface area contributed by atoms with Gasteiger partial charge >= 0.3 is 20.2 Å². The highest BCUT2D eigenvalue weighted by molar-refractivity contribution is 8.31. The van der Waals surface area contributed by atoms with E-state index >= 15 is 0 Å². The number of fused-ring (bicyclic) bond motifs is 2. The van der Waals surface area contributed by atoms with Gasteiger partial charge in [0.15, 0.2) is 16.4 Å². The predicted octanol–water partition coefficient (Wildman–Crippen LogP) is 6.28. The maximum Gasteiger partial charge on any atom is 0.354 e. The van der Waals surface area contributed by atoms with E-state index in [4.69, 9.17) is 43.1 Å². The van der Waals surface area contributed by atoms with E-state index in [1.807, 2.05) is 13.8 Å². The molecule has 0 radical (unpaired) electrons. The number of esters is 2. The lowest BCUT2D eigenvalue weighted by Gasteiger charge is -1.96. The second-order valence-electron chi connectivity index (χ2n) is 6.49. The Hall–Kier alpha value is -2.64. The van der Waals surface area contributed by atoms with Crippen LogP contribution in [-0.2, 0) is 22.5 Å². The number of hydrogen-bond donors (Lipinski definition) is 2. The van der Waals surface area contributed by atoms with Crippen molar-refractivity contribution < 1.29 is 41.1 Å². The summed E-state index contributed by atoms with van der Waals surface area (Å²) >= 11 is 5.61. The Balaban J connectivity index is 0.000000275. The second kappa shape index (κ2) is 16.3. The molecule has 206 valence electrons. The number of ether oxygens (including phenoxy) is 3. The molecule has 37 heavy (non-hydrogen) atoms. The number of nitrogens with one attached hydrogen (secondary N) is 2. The van der Waals surface area contributed by atoms with Crippen molar-refractivity contribution in [2.45, 2.75) is 27.7 Å². The molecule has 0 aromatic carbocycles. The molecular weight excluding hydrogens is 575 g/mol. The van der Waals surface area contributed by atoms with E-state index in [1.165, 1.54) is 0 Å². The molecule has 0 atom stereocenters. The van der Waals surface area contributed by atoms with Gasteiger partial charge in [-0.1, -0.05) is 0 Å². The summed E-state index contributed by atoms with van der Waals surface area (Å²) in [4.78, 5) is 28.2. The van der Waals surface area contributed by atoms with Crippen molar-refractivity contribution in [3.8, 4) is 0 Å². The zero-order chi connectivity index (χ0) is 28.0. The zero-order valence-corrected chi connectivity index (χ0v) is 23.5. The van der Waals surface area contributed by atoms with Gasteiger partial charge in [0.05, 0.1) is 30.5 Å². The highest BCUT2D eigenvalue weighted by Gasteiger charge is 2.13. The largest absolute Gasteiger partial charge is 0.463 e. The number of aromatic nitrogens is 2. The lowest BCUT2D eigenvalue weighted by Crippen LogP contribution is -2.04. The number of halogens is 3. The number of aromatic amines is 2. The summed E-state index contributed by atoms with van der Waals surface area (Å²) < 4.78 is 43.0. The minimum atomic E-state index is -3.72. The summed E-state index contributed by atoms with van der Waals surface area (Å²) in [6.07, 6.45) is 1.57. The van der Waals surface area contributed by atoms with Crippen molar-refractivity contribution in [3.05, 3.63) is 47.1 Å². The number of hydrogen-bond acceptors (Lipinski definition) is 9. The molecule has 0 aliphatic carbocycles. The SMILES string of the molecule is CCOC(=O)c1cc2oc(Cl)cc2[nH]1.CCOC(=O)c1cc2occc2[nH]1.CCOCC.O=S(=O)(Cl)Cl. The fourth-order valence-electron chi connectivity index (χ4n) is 2.58. The van der Waals surface area contributed by atoms with Gasteiger partial charge in [0, 0.05) is 58.8 Å². The van der Waals surface area contributed by atoms with Crippen LogP contribution in [0.25, 0.3) is 22.2 Å². The first-order valence-electron chi connectivity index (χ1n) is 10.8. The van der Waals surface area contributed by atoms with Crippen LogP contribution >= 0.6 is 33.0 Å². The average Bonchev–Trinajstić information content (AvgIpc) is 3.54. The van der Waals surface area contributed by atoms with Crippen LogP contribution in [0.2, 0.25) is 5.22 Å². The highest BCUT2D eigenvalue weighted by Crippen LogP contribution is 2.23. The number of carbonyl (C=O) groups excluding carboxylic acids is 2. The van der Waals surface area contributed by atoms with Crippen molar-refractivity contribution in [3.63, 3.8) is 0 Å². The Kier molecular flexibility index (Phi) is 14.2. The van der Waals surface area contributed by atoms with Crippen LogP contribution in [0.1, 0.15) is 48.7 Å². The number of furan rings is 2. The number of carbonyl (C=O) groups is 2. The number of rotatable bonds is 6. The molecule has 0 bridgehead atoms. The maximum absolute atomic E-state index is 11.3. The topological polar surface area (TPSA) is 154 Å². The van der Waals surface area contributed by atoms with Crippen molar-refractivity contribution in [2.24, 2.45) is 0 Å². The fraction of sp³-hybridized carbons (Fsp3) is 0.364. The highest BCUT2D eigenvalue weighted by atomic mass is 36.0. The third kappa shape index (κ3) is 12.4. The molecule has 0 fully saturated rings. The zero-order valence-electron chi connectivity index (χ0n) is 20.4. The van der Waals surface area contributed by atoms with Gasteiger partial charge in [-0.2, -0.15) is 8.42 Å². The van der Waals surface area contributed by atoms with Crippen LogP contribution in [0.15, 0.2) is 39.4 Å². The molecule has 4 aromatic rings. The summed E-state index contributed by atoms with van der Waals surface area (Å²) in [6, 6.07) is 6.57. The van der Waals surface area contributed by atoms with Crippen molar-refractivity contribution in [1.29, 1.82) is 0 Å². The van der Waals surface area contributed by atoms with E-state index in [0.717, 1.165) is 18.7 Å². The molecule has 0 amide bonds. The molecule has 11 nitrogen and oxygen atoms in total. The summed E-state index contributed by atoms with van der Waals surface area (Å²) in [5.74, 6) is -0.746. The van der Waals surface area contributed by atoms with Gasteiger partial charge in [-0.15, -0.1) is 0 Å². The molecule has 0 aliphatic rings. The standard InChI is InChI=1S/C9H8ClNO3.C9H9NO3.C4H10O.Cl2O2S/c1-2-13-9(12)6-3-7-5(11-6)4-8(10)14-7;1-2-12-9(11)7-5-8-6(10-7)3-4-13-8;1-3-5-4-2;1-5(2,3)4/h3-4,11H,2H2,1H3;3-5,10H,2H2,1H3;3-4H2,1-2H3;. The van der Waals surface area contributed by atoms with Gasteiger partial charge in [0.25, 0.3) is 0 Å². The lowest BCUT2D eigenvalue weighted by molar-refractivity contribution is 0.0511. The minimum Gasteiger partial charge on any atom is -0.463 e. The van der Waals surface area contributed by atoms with E-state index in [2.05, 4.69) is 31.3 Å². The first kappa shape index (κ1) is 32.4. The van der Waals surface area contributed by atoms with E-state index in [-0.39, 0.29) is 5.97 Å². The van der Waals surface area contributed by atoms with Crippen LogP contribution in [-0.4, -0.2) is 56.8 Å². The first-order chi connectivity index (χ1) is 17.4. The summed E-state index contributed by atoms with van der Waals surface area (Å²) in [5.41, 5.74) is 3.52. The summed E-state index contributed by atoms with van der Waals surface area (Å²) in [5, 5.41) is 0.293. The molecule has 0 unspecified atom stereocenters. The van der Waals surface area contributed by atoms with E-state index in [1.54, 1.807) is 44.4 Å². The Morgan fingerprint density at radius 3 is 1.73 bits per heavy atom. The molecule has 4 heterocycles. The van der Waals surface area contributed by atoms with Gasteiger partial charge in [-0.25, -0.2) is 9.59 Å². The van der Waals surface area contributed by atoms with Gasteiger partial charge in [-0.05, 0) is 39.3 Å². The Morgan fingerprint density at radius 2 is 1.32 bits per heavy atom. The van der Waals surface area contributed by atoms with E-state index < -0.39 is 14.2 Å². The van der Waals surface area contributed by atoms with E-state index in [0.29, 0.717) is 46.5 Å². The van der Waals surface area contributed by atoms with Crippen LogP contribution in [0.5, 0.6) is 0 Å². The predicted molar refractivity (Wildman–Crippen MR) is 141 cm³/mol. The van der Waals surface area contributed by atoms with Gasteiger partial charge in [0.1, 0.15) is 11.4 Å². The Labute approximate surface area is 227 Å². The molecular formula is C22H27Cl3N2O9S. The minimum absolute atomic E-state index is 0.293. The third-order valence-corrected chi connectivity index (χ3v) is 4.10. The maximum atomic E-state index is 11.3. The summed E-state index contributed by atoms with van der Waals surface area (Å²) in [6.45, 7) is 9.91. The third-order valence-electron chi connectivity index (χ3n) is 3.91. The Bertz CT molecular complexity index is 1290. The van der Waals surface area contributed by atoms with Crippen LogP contribution in [0.3, 0.4) is 0 Å². The van der Waals surface area contributed by atoms with Crippen LogP contribution in [0, 0.1) is 0 Å². The second-order valence-corrected chi connectivity index (χ2v) is 10.5. The van der Waals surface area contributed by atoms with Crippen molar-refractivity contribution in [1.82, 2.24) is 9.97 Å². The molecule has 15 heteroatoms. The van der Waals surface area contributed by atoms with E-state index in [9.17, 15) is 9.59 Å². The van der Waals surface area contributed by atoms with Crippen LogP contribution < -0.4 is 0 Å². The van der Waals surface area contributed by atoms with Crippen molar-refractivity contribution >= 4 is 75.4 Å². The van der Waals surface area contributed by atoms with Gasteiger partial charge < -0.3 is 33.0 Å². The molecule has 0 spiro atoms. The quantitative estimate of drug-likeness (QED) is 0.192. The molecule has 4 aromatic heterocycles. The monoisotopic (exact) mass is 600 g/mol. The Morgan fingerprint density at radius 1 is 0.838 bits per heavy atom. The molecule has 0 saturated heterocycles. The number of H-pyrrole nitrogens is 2. The molecule has 0 saturated carbocycles. The molecule has 2 N–H and O–H groups in total. The summed E-state index contributed by atoms with van der Waals surface area (Å²) in [7, 11) is 4.81. The smallest absolute Gasteiger partial charge is 0.354 e. The fourth-order valence-corrected chi connectivity index (χ4v) is 2.77. The van der Waals surface area contributed by atoms with Gasteiger partial charge in [0.2, 0.25) is 0 Å². The molecule has 4 rings (SSSR count). The average molecular weight is 602 g/mol. The normalized spacial score (nSPS) is 10.5. The lowest BCUT2D eigenvalue weighted by atomic mass is 10.4. The van der Waals surface area contributed by atoms with Crippen molar-refractivity contribution in [2.75, 3.05) is 26.4 Å².